The van der Waals surface area contributed by atoms with Crippen LogP contribution in [0.25, 0.3) is 11.3 Å². The molecule has 0 saturated carbocycles. The lowest BCUT2D eigenvalue weighted by Gasteiger charge is -2.45. The number of nitrogens with two attached hydrogens (primary N) is 1. The van der Waals surface area contributed by atoms with Gasteiger partial charge in [-0.3, -0.25) is 5.84 Å². The minimum Gasteiger partial charge on any atom is -0.496 e. The Labute approximate surface area is 159 Å². The third-order valence-electron chi connectivity index (χ3n) is 5.58. The van der Waals surface area contributed by atoms with Gasteiger partial charge in [0.25, 0.3) is 0 Å². The van der Waals surface area contributed by atoms with Gasteiger partial charge in [-0.2, -0.15) is 0 Å². The largest absolute Gasteiger partial charge is 0.496 e. The van der Waals surface area contributed by atoms with Crippen molar-refractivity contribution in [2.45, 2.75) is 31.2 Å². The van der Waals surface area contributed by atoms with Gasteiger partial charge in [-0.25, -0.2) is 9.99 Å². The SMILES string of the molecule is COc1ccc(-c2cnco2)cc1CC1(c2ccccc2)CCCCN1N. The molecule has 0 aliphatic carbocycles. The molecule has 140 valence electrons. The lowest BCUT2D eigenvalue weighted by molar-refractivity contribution is 0.0420. The van der Waals surface area contributed by atoms with E-state index in [0.717, 1.165) is 54.9 Å². The van der Waals surface area contributed by atoms with Crippen molar-refractivity contribution in [3.63, 3.8) is 0 Å². The van der Waals surface area contributed by atoms with Crippen LogP contribution in [0, 0.1) is 0 Å². The quantitative estimate of drug-likeness (QED) is 0.690. The molecule has 1 atom stereocenters. The van der Waals surface area contributed by atoms with E-state index >= 15 is 0 Å². The lowest BCUT2D eigenvalue weighted by Crippen LogP contribution is -2.54. The van der Waals surface area contributed by atoms with Crippen LogP contribution in [0.5, 0.6) is 5.75 Å². The van der Waals surface area contributed by atoms with Crippen LogP contribution in [0.15, 0.2) is 65.5 Å². The Morgan fingerprint density at radius 2 is 2.04 bits per heavy atom. The first-order chi connectivity index (χ1) is 13.2. The summed E-state index contributed by atoms with van der Waals surface area (Å²) in [6.07, 6.45) is 7.26. The standard InChI is InChI=1S/C22H25N3O2/c1-26-20-10-9-17(21-15-24-16-27-21)13-18(20)14-22(11-5-6-12-25(22)23)19-7-3-2-4-8-19/h2-4,7-10,13,15-16H,5-6,11-12,14,23H2,1H3. The molecule has 2 heterocycles. The zero-order valence-corrected chi connectivity index (χ0v) is 15.6. The van der Waals surface area contributed by atoms with E-state index in [1.807, 2.05) is 23.2 Å². The Balaban J connectivity index is 1.78. The van der Waals surface area contributed by atoms with Gasteiger partial charge in [0, 0.05) is 12.1 Å². The maximum absolute atomic E-state index is 6.58. The summed E-state index contributed by atoms with van der Waals surface area (Å²) in [5, 5.41) is 2.02. The van der Waals surface area contributed by atoms with Crippen LogP contribution in [0.4, 0.5) is 0 Å². The van der Waals surface area contributed by atoms with Gasteiger partial charge in [-0.1, -0.05) is 30.3 Å². The predicted molar refractivity (Wildman–Crippen MR) is 105 cm³/mol. The summed E-state index contributed by atoms with van der Waals surface area (Å²) in [4.78, 5) is 4.03. The number of piperidine rings is 1. The number of rotatable bonds is 5. The van der Waals surface area contributed by atoms with Gasteiger partial charge >= 0.3 is 0 Å². The summed E-state index contributed by atoms with van der Waals surface area (Å²) in [7, 11) is 1.71. The third-order valence-corrected chi connectivity index (χ3v) is 5.58. The van der Waals surface area contributed by atoms with Crippen molar-refractivity contribution < 1.29 is 9.15 Å². The zero-order valence-electron chi connectivity index (χ0n) is 15.6. The smallest absolute Gasteiger partial charge is 0.181 e. The maximum atomic E-state index is 6.58. The molecule has 0 bridgehead atoms. The third kappa shape index (κ3) is 3.36. The van der Waals surface area contributed by atoms with Crippen LogP contribution in [0.3, 0.4) is 0 Å². The first-order valence-corrected chi connectivity index (χ1v) is 9.36. The molecule has 3 aromatic rings. The van der Waals surface area contributed by atoms with Crippen molar-refractivity contribution in [2.24, 2.45) is 5.84 Å². The molecular formula is C22H25N3O2. The summed E-state index contributed by atoms with van der Waals surface area (Å²) in [5.74, 6) is 8.20. The van der Waals surface area contributed by atoms with Crippen molar-refractivity contribution >= 4 is 0 Å². The van der Waals surface area contributed by atoms with Gasteiger partial charge in [-0.15, -0.1) is 0 Å². The number of aromatic nitrogens is 1. The van der Waals surface area contributed by atoms with E-state index in [1.54, 1.807) is 13.3 Å². The van der Waals surface area contributed by atoms with Gasteiger partial charge in [0.15, 0.2) is 12.2 Å². The summed E-state index contributed by atoms with van der Waals surface area (Å²) in [6, 6.07) is 16.7. The molecule has 1 fully saturated rings. The fourth-order valence-electron chi connectivity index (χ4n) is 4.15. The Bertz CT molecular complexity index is 880. The van der Waals surface area contributed by atoms with Crippen LogP contribution in [-0.2, 0) is 12.0 Å². The number of benzene rings is 2. The van der Waals surface area contributed by atoms with Crippen molar-refractivity contribution in [1.82, 2.24) is 9.99 Å². The Morgan fingerprint density at radius 1 is 1.19 bits per heavy atom. The molecule has 0 spiro atoms. The van der Waals surface area contributed by atoms with Crippen molar-refractivity contribution in [3.8, 4) is 17.1 Å². The van der Waals surface area contributed by atoms with E-state index < -0.39 is 0 Å². The Morgan fingerprint density at radius 3 is 2.74 bits per heavy atom. The molecule has 27 heavy (non-hydrogen) atoms. The van der Waals surface area contributed by atoms with Crippen LogP contribution >= 0.6 is 0 Å². The zero-order chi connectivity index (χ0) is 18.7. The minimum atomic E-state index is -0.243. The number of hydrogen-bond donors (Lipinski definition) is 1. The van der Waals surface area contributed by atoms with E-state index in [0.29, 0.717) is 0 Å². The van der Waals surface area contributed by atoms with Crippen LogP contribution in [0.2, 0.25) is 0 Å². The fourth-order valence-corrected chi connectivity index (χ4v) is 4.15. The van der Waals surface area contributed by atoms with Crippen LogP contribution < -0.4 is 10.6 Å². The summed E-state index contributed by atoms with van der Waals surface area (Å²) >= 11 is 0. The number of hydrazine groups is 1. The van der Waals surface area contributed by atoms with Crippen LogP contribution in [0.1, 0.15) is 30.4 Å². The normalized spacial score (nSPS) is 20.5. The molecule has 2 aromatic carbocycles. The van der Waals surface area contributed by atoms with Crippen molar-refractivity contribution in [2.75, 3.05) is 13.7 Å². The van der Waals surface area contributed by atoms with E-state index in [4.69, 9.17) is 15.0 Å². The molecule has 1 unspecified atom stereocenters. The molecule has 2 N–H and O–H groups in total. The van der Waals surface area contributed by atoms with E-state index in [9.17, 15) is 0 Å². The first-order valence-electron chi connectivity index (χ1n) is 9.36. The molecule has 5 heteroatoms. The highest BCUT2D eigenvalue weighted by molar-refractivity contribution is 5.60. The van der Waals surface area contributed by atoms with E-state index in [2.05, 4.69) is 35.3 Å². The van der Waals surface area contributed by atoms with E-state index in [-0.39, 0.29) is 5.54 Å². The highest BCUT2D eigenvalue weighted by atomic mass is 16.5. The number of nitrogens with zero attached hydrogens (tertiary/aromatic N) is 2. The monoisotopic (exact) mass is 363 g/mol. The summed E-state index contributed by atoms with van der Waals surface area (Å²) in [5.41, 5.74) is 3.12. The molecular weight excluding hydrogens is 338 g/mol. The molecule has 1 aliphatic rings. The predicted octanol–water partition coefficient (Wildman–Crippen LogP) is 4.15. The summed E-state index contributed by atoms with van der Waals surface area (Å²) in [6.45, 7) is 0.888. The van der Waals surface area contributed by atoms with Gasteiger partial charge in [-0.05, 0) is 55.0 Å². The van der Waals surface area contributed by atoms with Gasteiger partial charge in [0.05, 0.1) is 18.8 Å². The average Bonchev–Trinajstić information content (AvgIpc) is 3.25. The Kier molecular flexibility index (Phi) is 4.97. The molecule has 0 radical (unpaired) electrons. The second-order valence-corrected chi connectivity index (χ2v) is 7.12. The topological polar surface area (TPSA) is 64.5 Å². The van der Waals surface area contributed by atoms with E-state index in [1.165, 1.54) is 12.0 Å². The average molecular weight is 363 g/mol. The molecule has 0 amide bonds. The van der Waals surface area contributed by atoms with Crippen molar-refractivity contribution in [3.05, 3.63) is 72.2 Å². The number of ether oxygens (including phenoxy) is 1. The number of oxazole rings is 1. The number of methoxy groups -OCH3 is 1. The fraction of sp³-hybridized carbons (Fsp3) is 0.318. The highest BCUT2D eigenvalue weighted by Gasteiger charge is 2.39. The molecule has 4 rings (SSSR count). The van der Waals surface area contributed by atoms with Gasteiger partial charge < -0.3 is 9.15 Å². The maximum Gasteiger partial charge on any atom is 0.181 e. The van der Waals surface area contributed by atoms with Gasteiger partial charge in [0.1, 0.15) is 5.75 Å². The van der Waals surface area contributed by atoms with Crippen LogP contribution in [-0.4, -0.2) is 23.6 Å². The molecule has 5 nitrogen and oxygen atoms in total. The molecule has 1 aliphatic heterocycles. The summed E-state index contributed by atoms with van der Waals surface area (Å²) < 4.78 is 11.2. The van der Waals surface area contributed by atoms with Crippen molar-refractivity contribution in [1.29, 1.82) is 0 Å². The van der Waals surface area contributed by atoms with Gasteiger partial charge in [0.2, 0.25) is 0 Å². The molecule has 1 saturated heterocycles. The number of hydrogen-bond acceptors (Lipinski definition) is 5. The second kappa shape index (κ2) is 7.55. The second-order valence-electron chi connectivity index (χ2n) is 7.12. The Hall–Kier alpha value is -2.63. The first kappa shape index (κ1) is 17.8. The molecule has 1 aromatic heterocycles. The lowest BCUT2D eigenvalue weighted by atomic mass is 9.76. The minimum absolute atomic E-state index is 0.243. The highest BCUT2D eigenvalue weighted by Crippen LogP contribution is 2.41.